The van der Waals surface area contributed by atoms with Gasteiger partial charge in [-0.15, -0.1) is 0 Å². The molecule has 0 aliphatic heterocycles. The van der Waals surface area contributed by atoms with Crippen molar-refractivity contribution in [3.8, 4) is 0 Å². The summed E-state index contributed by atoms with van der Waals surface area (Å²) in [6.45, 7) is 1.84. The Morgan fingerprint density at radius 1 is 1.14 bits per heavy atom. The standard InChI is InChI=1S/C16H16N2O3/c1-10-7-8-13(17)12(9-10)15(19)18-14(16(20)21)11-5-3-2-4-6-11/h2-9,14H,17H2,1H3,(H,18,19)(H,20,21)/t14-/m1/s1. The first kappa shape index (κ1) is 14.6. The van der Waals surface area contributed by atoms with Crippen molar-refractivity contribution in [1.82, 2.24) is 5.32 Å². The maximum absolute atomic E-state index is 12.3. The summed E-state index contributed by atoms with van der Waals surface area (Å²) in [6, 6.07) is 12.5. The smallest absolute Gasteiger partial charge is 0.330 e. The van der Waals surface area contributed by atoms with Crippen LogP contribution in [-0.4, -0.2) is 17.0 Å². The molecule has 0 spiro atoms. The lowest BCUT2D eigenvalue weighted by Gasteiger charge is -2.16. The second-order valence-electron chi connectivity index (χ2n) is 4.75. The van der Waals surface area contributed by atoms with Crippen molar-refractivity contribution in [2.24, 2.45) is 0 Å². The normalized spacial score (nSPS) is 11.7. The van der Waals surface area contributed by atoms with E-state index in [0.717, 1.165) is 5.56 Å². The molecule has 0 fully saturated rings. The summed E-state index contributed by atoms with van der Waals surface area (Å²) < 4.78 is 0. The number of nitrogen functional groups attached to an aromatic ring is 1. The van der Waals surface area contributed by atoms with E-state index in [0.29, 0.717) is 11.3 Å². The minimum atomic E-state index is -1.12. The highest BCUT2D eigenvalue weighted by atomic mass is 16.4. The lowest BCUT2D eigenvalue weighted by atomic mass is 10.1. The fourth-order valence-corrected chi connectivity index (χ4v) is 2.01. The van der Waals surface area contributed by atoms with E-state index in [1.54, 1.807) is 48.5 Å². The first-order valence-electron chi connectivity index (χ1n) is 6.44. The largest absolute Gasteiger partial charge is 0.479 e. The highest BCUT2D eigenvalue weighted by Gasteiger charge is 2.23. The molecule has 1 atom stereocenters. The molecular weight excluding hydrogens is 268 g/mol. The number of carboxylic acid groups (broad SMARTS) is 1. The molecule has 0 radical (unpaired) electrons. The molecule has 108 valence electrons. The molecule has 21 heavy (non-hydrogen) atoms. The van der Waals surface area contributed by atoms with Gasteiger partial charge in [0.15, 0.2) is 6.04 Å². The number of carbonyl (C=O) groups excluding carboxylic acids is 1. The SMILES string of the molecule is Cc1ccc(N)c(C(=O)N[C@@H](C(=O)O)c2ccccc2)c1. The van der Waals surface area contributed by atoms with Gasteiger partial charge in [0, 0.05) is 5.69 Å². The Hall–Kier alpha value is -2.82. The Kier molecular flexibility index (Phi) is 4.23. The number of nitrogens with one attached hydrogen (secondary N) is 1. The Morgan fingerprint density at radius 2 is 1.81 bits per heavy atom. The third-order valence-corrected chi connectivity index (χ3v) is 3.11. The van der Waals surface area contributed by atoms with Gasteiger partial charge in [-0.3, -0.25) is 4.79 Å². The monoisotopic (exact) mass is 284 g/mol. The molecule has 0 saturated heterocycles. The van der Waals surface area contributed by atoms with Crippen molar-refractivity contribution in [1.29, 1.82) is 0 Å². The molecule has 0 aliphatic carbocycles. The van der Waals surface area contributed by atoms with Crippen LogP contribution in [-0.2, 0) is 4.79 Å². The predicted octanol–water partition coefficient (Wildman–Crippen LogP) is 2.13. The number of rotatable bonds is 4. The van der Waals surface area contributed by atoms with Crippen LogP contribution < -0.4 is 11.1 Å². The van der Waals surface area contributed by atoms with Crippen LogP contribution in [0.15, 0.2) is 48.5 Å². The molecule has 0 unspecified atom stereocenters. The molecule has 2 aromatic carbocycles. The number of hydrogen-bond donors (Lipinski definition) is 3. The average Bonchev–Trinajstić information content (AvgIpc) is 2.47. The summed E-state index contributed by atoms with van der Waals surface area (Å²) in [4.78, 5) is 23.6. The van der Waals surface area contributed by atoms with Gasteiger partial charge in [-0.25, -0.2) is 4.79 Å². The Balaban J connectivity index is 2.27. The van der Waals surface area contributed by atoms with Crippen LogP contribution in [0.4, 0.5) is 5.69 Å². The molecule has 2 aromatic rings. The number of hydrogen-bond acceptors (Lipinski definition) is 3. The zero-order valence-corrected chi connectivity index (χ0v) is 11.5. The van der Waals surface area contributed by atoms with Gasteiger partial charge in [-0.2, -0.15) is 0 Å². The summed E-state index contributed by atoms with van der Waals surface area (Å²) in [5.74, 6) is -1.63. The highest BCUT2D eigenvalue weighted by Crippen LogP contribution is 2.17. The van der Waals surface area contributed by atoms with E-state index in [2.05, 4.69) is 5.32 Å². The third-order valence-electron chi connectivity index (χ3n) is 3.11. The van der Waals surface area contributed by atoms with E-state index in [9.17, 15) is 14.7 Å². The van der Waals surface area contributed by atoms with Gasteiger partial charge in [0.2, 0.25) is 0 Å². The number of carbonyl (C=O) groups is 2. The molecule has 2 rings (SSSR count). The van der Waals surface area contributed by atoms with Gasteiger partial charge < -0.3 is 16.2 Å². The number of amides is 1. The molecule has 0 heterocycles. The van der Waals surface area contributed by atoms with E-state index >= 15 is 0 Å². The molecule has 5 heteroatoms. The lowest BCUT2D eigenvalue weighted by Crippen LogP contribution is -2.34. The predicted molar refractivity (Wildman–Crippen MR) is 79.9 cm³/mol. The van der Waals surface area contributed by atoms with Crippen LogP contribution in [0.5, 0.6) is 0 Å². The molecule has 1 amide bonds. The first-order chi connectivity index (χ1) is 9.99. The molecule has 0 bridgehead atoms. The first-order valence-corrected chi connectivity index (χ1v) is 6.44. The van der Waals surface area contributed by atoms with Crippen molar-refractivity contribution in [2.45, 2.75) is 13.0 Å². The number of aliphatic carboxylic acids is 1. The fourth-order valence-electron chi connectivity index (χ4n) is 2.01. The van der Waals surface area contributed by atoms with Gasteiger partial charge in [0.05, 0.1) is 5.56 Å². The molecule has 5 nitrogen and oxygen atoms in total. The third kappa shape index (κ3) is 3.39. The van der Waals surface area contributed by atoms with Gasteiger partial charge in [0.1, 0.15) is 0 Å². The summed E-state index contributed by atoms with van der Waals surface area (Å²) in [5.41, 5.74) is 7.74. The summed E-state index contributed by atoms with van der Waals surface area (Å²) >= 11 is 0. The Labute approximate surface area is 122 Å². The zero-order chi connectivity index (χ0) is 15.4. The van der Waals surface area contributed by atoms with Crippen LogP contribution in [0.2, 0.25) is 0 Å². The molecular formula is C16H16N2O3. The summed E-state index contributed by atoms with van der Waals surface area (Å²) in [7, 11) is 0. The van der Waals surface area contributed by atoms with Crippen molar-refractivity contribution >= 4 is 17.6 Å². The quantitative estimate of drug-likeness (QED) is 0.750. The number of benzene rings is 2. The summed E-state index contributed by atoms with van der Waals surface area (Å²) in [6.07, 6.45) is 0. The minimum absolute atomic E-state index is 0.275. The van der Waals surface area contributed by atoms with Gasteiger partial charge in [-0.05, 0) is 24.6 Å². The van der Waals surface area contributed by atoms with Crippen molar-refractivity contribution in [3.05, 3.63) is 65.2 Å². The molecule has 4 N–H and O–H groups in total. The maximum Gasteiger partial charge on any atom is 0.330 e. The molecule has 0 aliphatic rings. The highest BCUT2D eigenvalue weighted by molar-refractivity contribution is 6.01. The number of carboxylic acids is 1. The Bertz CT molecular complexity index is 668. The fraction of sp³-hybridized carbons (Fsp3) is 0.125. The van der Waals surface area contributed by atoms with Crippen LogP contribution in [0.1, 0.15) is 27.5 Å². The van der Waals surface area contributed by atoms with Gasteiger partial charge in [-0.1, -0.05) is 42.0 Å². The van der Waals surface area contributed by atoms with E-state index < -0.39 is 17.9 Å². The number of anilines is 1. The van der Waals surface area contributed by atoms with Crippen molar-refractivity contribution in [2.75, 3.05) is 5.73 Å². The van der Waals surface area contributed by atoms with E-state index in [1.165, 1.54) is 0 Å². The van der Waals surface area contributed by atoms with Crippen LogP contribution in [0.3, 0.4) is 0 Å². The minimum Gasteiger partial charge on any atom is -0.479 e. The van der Waals surface area contributed by atoms with E-state index in [-0.39, 0.29) is 5.56 Å². The second kappa shape index (κ2) is 6.09. The van der Waals surface area contributed by atoms with Gasteiger partial charge >= 0.3 is 5.97 Å². The zero-order valence-electron chi connectivity index (χ0n) is 11.5. The van der Waals surface area contributed by atoms with Crippen LogP contribution in [0.25, 0.3) is 0 Å². The lowest BCUT2D eigenvalue weighted by molar-refractivity contribution is -0.139. The second-order valence-corrected chi connectivity index (χ2v) is 4.75. The van der Waals surface area contributed by atoms with E-state index in [4.69, 9.17) is 5.73 Å². The van der Waals surface area contributed by atoms with Crippen LogP contribution >= 0.6 is 0 Å². The number of aryl methyl sites for hydroxylation is 1. The number of nitrogens with two attached hydrogens (primary N) is 1. The average molecular weight is 284 g/mol. The summed E-state index contributed by atoms with van der Waals surface area (Å²) in [5, 5.41) is 11.8. The maximum atomic E-state index is 12.3. The van der Waals surface area contributed by atoms with Crippen molar-refractivity contribution in [3.63, 3.8) is 0 Å². The van der Waals surface area contributed by atoms with E-state index in [1.807, 2.05) is 6.92 Å². The van der Waals surface area contributed by atoms with Gasteiger partial charge in [0.25, 0.3) is 5.91 Å². The Morgan fingerprint density at radius 3 is 2.43 bits per heavy atom. The topological polar surface area (TPSA) is 92.4 Å². The van der Waals surface area contributed by atoms with Crippen molar-refractivity contribution < 1.29 is 14.7 Å². The van der Waals surface area contributed by atoms with Crippen LogP contribution in [0, 0.1) is 6.92 Å². The molecule has 0 aromatic heterocycles. The molecule has 0 saturated carbocycles.